The van der Waals surface area contributed by atoms with E-state index in [-0.39, 0.29) is 11.9 Å². The van der Waals surface area contributed by atoms with Gasteiger partial charge in [0.05, 0.1) is 6.04 Å². The molecule has 0 bridgehead atoms. The van der Waals surface area contributed by atoms with Gasteiger partial charge in [0.1, 0.15) is 0 Å². The number of carbonyl (C=O) groups excluding carboxylic acids is 1. The zero-order valence-corrected chi connectivity index (χ0v) is 8.79. The summed E-state index contributed by atoms with van der Waals surface area (Å²) in [7, 11) is 0. The minimum absolute atomic E-state index is 0.0957. The molecule has 2 N–H and O–H groups in total. The predicted octanol–water partition coefficient (Wildman–Crippen LogP) is 0.838. The average Bonchev–Trinajstić information content (AvgIpc) is 2.01. The number of carbonyl (C=O) groups is 1. The maximum Gasteiger partial charge on any atom is 0.239 e. The number of hydrogen-bond donors (Lipinski definition) is 1. The summed E-state index contributed by atoms with van der Waals surface area (Å²) in [6.07, 6.45) is 1.22. The zero-order chi connectivity index (χ0) is 10.0. The predicted molar refractivity (Wildman–Crippen MR) is 53.2 cm³/mol. The fourth-order valence-electron chi connectivity index (χ4n) is 2.13. The molecule has 1 rings (SSSR count). The number of hydrogen-bond acceptors (Lipinski definition) is 2. The number of amides is 1. The molecular weight excluding hydrogens is 164 g/mol. The second kappa shape index (κ2) is 4.09. The Morgan fingerprint density at radius 2 is 1.85 bits per heavy atom. The Balaban J connectivity index is 2.55. The van der Waals surface area contributed by atoms with E-state index in [1.54, 1.807) is 6.92 Å². The summed E-state index contributed by atoms with van der Waals surface area (Å²) in [6, 6.07) is -0.350. The summed E-state index contributed by atoms with van der Waals surface area (Å²) in [4.78, 5) is 13.5. The molecule has 76 valence electrons. The molecule has 1 aliphatic rings. The van der Waals surface area contributed by atoms with Crippen LogP contribution in [-0.2, 0) is 4.79 Å². The highest BCUT2D eigenvalue weighted by Gasteiger charge is 2.26. The van der Waals surface area contributed by atoms with E-state index in [1.807, 2.05) is 4.90 Å². The molecule has 13 heavy (non-hydrogen) atoms. The highest BCUT2D eigenvalue weighted by atomic mass is 16.2. The van der Waals surface area contributed by atoms with Crippen molar-refractivity contribution in [2.24, 2.45) is 17.6 Å². The van der Waals surface area contributed by atoms with Gasteiger partial charge >= 0.3 is 0 Å². The van der Waals surface area contributed by atoms with Crippen molar-refractivity contribution < 1.29 is 4.79 Å². The van der Waals surface area contributed by atoms with E-state index >= 15 is 0 Å². The van der Waals surface area contributed by atoms with Gasteiger partial charge in [0, 0.05) is 13.1 Å². The molecule has 0 saturated carbocycles. The summed E-state index contributed by atoms with van der Waals surface area (Å²) >= 11 is 0. The molecule has 1 heterocycles. The van der Waals surface area contributed by atoms with Gasteiger partial charge in [-0.05, 0) is 25.2 Å². The summed E-state index contributed by atoms with van der Waals surface area (Å²) in [5.41, 5.74) is 5.57. The van der Waals surface area contributed by atoms with Crippen molar-refractivity contribution in [2.75, 3.05) is 13.1 Å². The molecule has 1 saturated heterocycles. The van der Waals surface area contributed by atoms with Crippen molar-refractivity contribution in [2.45, 2.75) is 33.2 Å². The van der Waals surface area contributed by atoms with Crippen LogP contribution >= 0.6 is 0 Å². The van der Waals surface area contributed by atoms with E-state index in [2.05, 4.69) is 13.8 Å². The standard InChI is InChI=1S/C10H20N2O/c1-7-4-8(2)6-12(5-7)10(13)9(3)11/h7-9H,4-6,11H2,1-3H3. The first-order valence-electron chi connectivity index (χ1n) is 5.05. The number of likely N-dealkylation sites (tertiary alicyclic amines) is 1. The molecule has 1 amide bonds. The summed E-state index contributed by atoms with van der Waals surface area (Å²) < 4.78 is 0. The largest absolute Gasteiger partial charge is 0.341 e. The van der Waals surface area contributed by atoms with Crippen LogP contribution in [0.15, 0.2) is 0 Å². The highest BCUT2D eigenvalue weighted by molar-refractivity contribution is 5.81. The van der Waals surface area contributed by atoms with E-state index in [0.29, 0.717) is 11.8 Å². The van der Waals surface area contributed by atoms with Gasteiger partial charge in [-0.1, -0.05) is 13.8 Å². The monoisotopic (exact) mass is 184 g/mol. The third-order valence-electron chi connectivity index (χ3n) is 2.57. The van der Waals surface area contributed by atoms with Crippen LogP contribution in [-0.4, -0.2) is 29.9 Å². The smallest absolute Gasteiger partial charge is 0.239 e. The molecular formula is C10H20N2O. The second-order valence-corrected chi connectivity index (χ2v) is 4.48. The SMILES string of the molecule is CC1CC(C)CN(C(=O)C(C)N)C1. The molecule has 3 atom stereocenters. The molecule has 3 nitrogen and oxygen atoms in total. The van der Waals surface area contributed by atoms with Gasteiger partial charge in [0.15, 0.2) is 0 Å². The normalized spacial score (nSPS) is 31.5. The molecule has 3 heteroatoms. The summed E-state index contributed by atoms with van der Waals surface area (Å²) in [6.45, 7) is 7.90. The van der Waals surface area contributed by atoms with Crippen LogP contribution in [0.25, 0.3) is 0 Å². The Bertz CT molecular complexity index is 181. The molecule has 0 aromatic rings. The first-order chi connectivity index (χ1) is 6.00. The Morgan fingerprint density at radius 3 is 2.23 bits per heavy atom. The van der Waals surface area contributed by atoms with Crippen LogP contribution in [0.1, 0.15) is 27.2 Å². The van der Waals surface area contributed by atoms with Gasteiger partial charge in [0.25, 0.3) is 0 Å². The van der Waals surface area contributed by atoms with Crippen molar-refractivity contribution in [3.63, 3.8) is 0 Å². The van der Waals surface area contributed by atoms with E-state index in [4.69, 9.17) is 5.73 Å². The van der Waals surface area contributed by atoms with Crippen molar-refractivity contribution in [3.8, 4) is 0 Å². The lowest BCUT2D eigenvalue weighted by Crippen LogP contribution is -2.48. The summed E-state index contributed by atoms with van der Waals surface area (Å²) in [5, 5.41) is 0. The summed E-state index contributed by atoms with van der Waals surface area (Å²) in [5.74, 6) is 1.33. The third kappa shape index (κ3) is 2.69. The molecule has 0 aromatic carbocycles. The van der Waals surface area contributed by atoms with Gasteiger partial charge in [-0.25, -0.2) is 0 Å². The lowest BCUT2D eigenvalue weighted by Gasteiger charge is -2.35. The maximum atomic E-state index is 11.6. The van der Waals surface area contributed by atoms with E-state index in [0.717, 1.165) is 13.1 Å². The Hall–Kier alpha value is -0.570. The lowest BCUT2D eigenvalue weighted by atomic mass is 9.91. The molecule has 3 unspecified atom stereocenters. The van der Waals surface area contributed by atoms with Crippen molar-refractivity contribution in [1.82, 2.24) is 4.90 Å². The Labute approximate surface area is 80.3 Å². The molecule has 1 fully saturated rings. The molecule has 0 spiro atoms. The second-order valence-electron chi connectivity index (χ2n) is 4.48. The van der Waals surface area contributed by atoms with Crippen molar-refractivity contribution >= 4 is 5.91 Å². The van der Waals surface area contributed by atoms with Crippen molar-refractivity contribution in [3.05, 3.63) is 0 Å². The minimum Gasteiger partial charge on any atom is -0.341 e. The highest BCUT2D eigenvalue weighted by Crippen LogP contribution is 2.21. The van der Waals surface area contributed by atoms with E-state index in [1.165, 1.54) is 6.42 Å². The van der Waals surface area contributed by atoms with Gasteiger partial charge < -0.3 is 10.6 Å². The molecule has 0 aliphatic carbocycles. The fourth-order valence-corrected chi connectivity index (χ4v) is 2.13. The number of rotatable bonds is 1. The van der Waals surface area contributed by atoms with Gasteiger partial charge in [-0.15, -0.1) is 0 Å². The zero-order valence-electron chi connectivity index (χ0n) is 8.79. The quantitative estimate of drug-likeness (QED) is 0.656. The van der Waals surface area contributed by atoms with Gasteiger partial charge in [-0.2, -0.15) is 0 Å². The van der Waals surface area contributed by atoms with Crippen LogP contribution in [0.2, 0.25) is 0 Å². The fraction of sp³-hybridized carbons (Fsp3) is 0.900. The molecule has 0 radical (unpaired) electrons. The van der Waals surface area contributed by atoms with Crippen LogP contribution < -0.4 is 5.73 Å². The topological polar surface area (TPSA) is 46.3 Å². The van der Waals surface area contributed by atoms with E-state index < -0.39 is 0 Å². The van der Waals surface area contributed by atoms with Crippen molar-refractivity contribution in [1.29, 1.82) is 0 Å². The number of nitrogens with zero attached hydrogens (tertiary/aromatic N) is 1. The lowest BCUT2D eigenvalue weighted by molar-refractivity contribution is -0.134. The number of nitrogens with two attached hydrogens (primary N) is 1. The maximum absolute atomic E-state index is 11.6. The third-order valence-corrected chi connectivity index (χ3v) is 2.57. The average molecular weight is 184 g/mol. The molecule has 0 aromatic heterocycles. The van der Waals surface area contributed by atoms with Gasteiger partial charge in [0.2, 0.25) is 5.91 Å². The van der Waals surface area contributed by atoms with Crippen LogP contribution in [0.3, 0.4) is 0 Å². The Morgan fingerprint density at radius 1 is 1.38 bits per heavy atom. The Kier molecular flexibility index (Phi) is 3.31. The van der Waals surface area contributed by atoms with Crippen LogP contribution in [0.5, 0.6) is 0 Å². The van der Waals surface area contributed by atoms with Crippen LogP contribution in [0.4, 0.5) is 0 Å². The number of piperidine rings is 1. The molecule has 1 aliphatic heterocycles. The first-order valence-corrected chi connectivity index (χ1v) is 5.05. The first kappa shape index (κ1) is 10.5. The van der Waals surface area contributed by atoms with E-state index in [9.17, 15) is 4.79 Å². The van der Waals surface area contributed by atoms with Crippen LogP contribution in [0, 0.1) is 11.8 Å². The minimum atomic E-state index is -0.350. The van der Waals surface area contributed by atoms with Gasteiger partial charge in [-0.3, -0.25) is 4.79 Å².